The predicted octanol–water partition coefficient (Wildman–Crippen LogP) is 5.07. The van der Waals surface area contributed by atoms with Crippen LogP contribution in [-0.2, 0) is 33.5 Å². The lowest BCUT2D eigenvalue weighted by Gasteiger charge is -2.28. The van der Waals surface area contributed by atoms with Crippen LogP contribution in [-0.4, -0.2) is 58.2 Å². The molecule has 2 saturated heterocycles. The number of carbonyl (C=O) groups excluding carboxylic acids is 1. The van der Waals surface area contributed by atoms with Crippen molar-refractivity contribution in [3.63, 3.8) is 0 Å². The molecule has 4 aromatic rings. The Labute approximate surface area is 240 Å². The Kier molecular flexibility index (Phi) is 8.41. The number of anilines is 1. The highest BCUT2D eigenvalue weighted by Crippen LogP contribution is 2.29. The summed E-state index contributed by atoms with van der Waals surface area (Å²) in [6.07, 6.45) is 4.14. The molecule has 0 saturated carbocycles. The Morgan fingerprint density at radius 3 is 2.80 bits per heavy atom. The smallest absolute Gasteiger partial charge is 0.207 e. The molecule has 214 valence electrons. The Morgan fingerprint density at radius 1 is 1.05 bits per heavy atom. The van der Waals surface area contributed by atoms with Crippen molar-refractivity contribution in [2.75, 3.05) is 37.7 Å². The summed E-state index contributed by atoms with van der Waals surface area (Å²) < 4.78 is 45.8. The maximum Gasteiger partial charge on any atom is 0.207 e. The van der Waals surface area contributed by atoms with Crippen LogP contribution in [0, 0.1) is 5.82 Å². The van der Waals surface area contributed by atoms with Crippen molar-refractivity contribution in [3.05, 3.63) is 83.8 Å². The normalized spacial score (nSPS) is 18.6. The Balaban J connectivity index is 1.04. The summed E-state index contributed by atoms with van der Waals surface area (Å²) in [4.78, 5) is 19.9. The molecule has 2 aromatic heterocycles. The zero-order valence-electron chi connectivity index (χ0n) is 22.7. The van der Waals surface area contributed by atoms with E-state index < -0.39 is 17.0 Å². The van der Waals surface area contributed by atoms with E-state index in [4.69, 9.17) is 13.9 Å². The van der Waals surface area contributed by atoms with Gasteiger partial charge in [0.2, 0.25) is 5.09 Å². The van der Waals surface area contributed by atoms with Gasteiger partial charge in [-0.2, -0.15) is 0 Å². The number of aromatic nitrogens is 1. The lowest BCUT2D eigenvalue weighted by Crippen LogP contribution is -2.37. The molecule has 41 heavy (non-hydrogen) atoms. The first-order valence-electron chi connectivity index (χ1n) is 13.9. The molecule has 2 aliphatic heterocycles. The van der Waals surface area contributed by atoms with Crippen molar-refractivity contribution < 1.29 is 27.3 Å². The van der Waals surface area contributed by atoms with E-state index in [0.29, 0.717) is 56.6 Å². The van der Waals surface area contributed by atoms with Crippen LogP contribution in [0.5, 0.6) is 5.75 Å². The van der Waals surface area contributed by atoms with Crippen LogP contribution in [0.2, 0.25) is 0 Å². The number of furan rings is 1. The molecule has 2 atom stereocenters. The molecule has 0 amide bonds. The van der Waals surface area contributed by atoms with Crippen molar-refractivity contribution in [2.45, 2.75) is 43.4 Å². The minimum atomic E-state index is -1.64. The number of carbonyl (C=O) groups is 1. The third-order valence-corrected chi connectivity index (χ3v) is 8.93. The largest absolute Gasteiger partial charge is 0.489 e. The summed E-state index contributed by atoms with van der Waals surface area (Å²) >= 11 is 0. The zero-order chi connectivity index (χ0) is 28.2. The second-order valence-corrected chi connectivity index (χ2v) is 11.7. The highest BCUT2D eigenvalue weighted by molar-refractivity contribution is 7.82. The van der Waals surface area contributed by atoms with Gasteiger partial charge >= 0.3 is 0 Å². The zero-order valence-corrected chi connectivity index (χ0v) is 23.5. The van der Waals surface area contributed by atoms with Gasteiger partial charge < -0.3 is 18.8 Å². The van der Waals surface area contributed by atoms with Crippen LogP contribution in [0.4, 0.5) is 10.2 Å². The summed E-state index contributed by atoms with van der Waals surface area (Å²) in [7, 11) is -1.64. The van der Waals surface area contributed by atoms with E-state index in [1.807, 2.05) is 30.3 Å². The second-order valence-electron chi connectivity index (χ2n) is 10.3. The van der Waals surface area contributed by atoms with Gasteiger partial charge in [-0.05, 0) is 72.9 Å². The van der Waals surface area contributed by atoms with E-state index >= 15 is 0 Å². The second kappa shape index (κ2) is 12.5. The van der Waals surface area contributed by atoms with E-state index in [2.05, 4.69) is 16.0 Å². The maximum absolute atomic E-state index is 13.6. The lowest BCUT2D eigenvalue weighted by molar-refractivity contribution is -0.122. The van der Waals surface area contributed by atoms with Crippen molar-refractivity contribution in [3.8, 4) is 5.75 Å². The number of fused-ring (bicyclic) bond motifs is 1. The predicted molar refractivity (Wildman–Crippen MR) is 154 cm³/mol. The molecule has 0 spiro atoms. The first-order chi connectivity index (χ1) is 20.0. The van der Waals surface area contributed by atoms with Gasteiger partial charge in [0, 0.05) is 43.7 Å². The molecule has 0 aliphatic carbocycles. The van der Waals surface area contributed by atoms with Gasteiger partial charge in [0.15, 0.2) is 16.8 Å². The minimum Gasteiger partial charge on any atom is -0.489 e. The fourth-order valence-electron chi connectivity index (χ4n) is 5.36. The van der Waals surface area contributed by atoms with E-state index in [1.54, 1.807) is 16.6 Å². The lowest BCUT2D eigenvalue weighted by atomic mass is 10.0. The molecular formula is C31H32FN3O5S. The molecule has 10 heteroatoms. The van der Waals surface area contributed by atoms with Gasteiger partial charge in [0.25, 0.3) is 0 Å². The van der Waals surface area contributed by atoms with E-state index in [-0.39, 0.29) is 16.7 Å². The number of ketones is 1. The third kappa shape index (κ3) is 6.50. The number of ether oxygens (including phenoxy) is 2. The van der Waals surface area contributed by atoms with Crippen molar-refractivity contribution >= 4 is 33.6 Å². The van der Waals surface area contributed by atoms with Crippen LogP contribution in [0.15, 0.2) is 76.4 Å². The number of pyridine rings is 1. The Hall–Kier alpha value is -3.60. The molecule has 4 heterocycles. The number of Topliss-reactive ketones (excluding diaryl/α,β-unsaturated/α-hetero) is 1. The molecule has 2 fully saturated rings. The minimum absolute atomic E-state index is 0.0526. The summed E-state index contributed by atoms with van der Waals surface area (Å²) in [6.45, 7) is 4.02. The number of hydrogen-bond donors (Lipinski definition) is 0. The Morgan fingerprint density at radius 2 is 1.93 bits per heavy atom. The fourth-order valence-corrected chi connectivity index (χ4v) is 6.73. The van der Waals surface area contributed by atoms with Crippen molar-refractivity contribution in [1.29, 1.82) is 0 Å². The first-order valence-corrected chi connectivity index (χ1v) is 15.0. The van der Waals surface area contributed by atoms with Crippen molar-refractivity contribution in [2.24, 2.45) is 0 Å². The highest BCUT2D eigenvalue weighted by atomic mass is 32.2. The monoisotopic (exact) mass is 577 g/mol. The van der Waals surface area contributed by atoms with Gasteiger partial charge in [-0.25, -0.2) is 17.9 Å². The molecule has 8 nitrogen and oxygen atoms in total. The summed E-state index contributed by atoms with van der Waals surface area (Å²) in [5.74, 6) is 1.34. The maximum atomic E-state index is 13.6. The summed E-state index contributed by atoms with van der Waals surface area (Å²) in [5.41, 5.74) is 2.51. The molecular weight excluding hydrogens is 545 g/mol. The number of benzene rings is 2. The highest BCUT2D eigenvalue weighted by Gasteiger charge is 2.35. The van der Waals surface area contributed by atoms with Crippen molar-refractivity contribution in [1.82, 2.24) is 9.29 Å². The quantitative estimate of drug-likeness (QED) is 0.260. The van der Waals surface area contributed by atoms with Gasteiger partial charge in [-0.15, -0.1) is 0 Å². The first kappa shape index (κ1) is 27.6. The van der Waals surface area contributed by atoms with E-state index in [1.165, 1.54) is 18.2 Å². The number of morpholine rings is 1. The number of rotatable bonds is 10. The van der Waals surface area contributed by atoms with Crippen LogP contribution >= 0.6 is 0 Å². The number of halogens is 1. The van der Waals surface area contributed by atoms with Crippen LogP contribution in [0.1, 0.15) is 30.4 Å². The van der Waals surface area contributed by atoms with E-state index in [0.717, 1.165) is 42.2 Å². The molecule has 2 aliphatic rings. The van der Waals surface area contributed by atoms with E-state index in [9.17, 15) is 13.4 Å². The fraction of sp³-hybridized carbons (Fsp3) is 0.355. The van der Waals surface area contributed by atoms with Gasteiger partial charge in [-0.3, -0.25) is 4.79 Å². The summed E-state index contributed by atoms with van der Waals surface area (Å²) in [6, 6.07) is 17.1. The molecule has 0 bridgehead atoms. The molecule has 1 unspecified atom stereocenters. The van der Waals surface area contributed by atoms with Gasteiger partial charge in [0.1, 0.15) is 29.6 Å². The molecule has 0 radical (unpaired) electrons. The van der Waals surface area contributed by atoms with Crippen LogP contribution in [0.25, 0.3) is 11.0 Å². The third-order valence-electron chi connectivity index (χ3n) is 7.53. The van der Waals surface area contributed by atoms with Crippen LogP contribution in [0.3, 0.4) is 0 Å². The molecule has 0 N–H and O–H groups in total. The van der Waals surface area contributed by atoms with Gasteiger partial charge in [-0.1, -0.05) is 12.1 Å². The number of hydrogen-bond acceptors (Lipinski definition) is 7. The molecule has 6 rings (SSSR count). The average molecular weight is 578 g/mol. The van der Waals surface area contributed by atoms with Crippen LogP contribution < -0.4 is 9.64 Å². The summed E-state index contributed by atoms with van der Waals surface area (Å²) in [5, 5.41) is 0.792. The number of aryl methyl sites for hydroxylation is 1. The van der Waals surface area contributed by atoms with Gasteiger partial charge in [0.05, 0.1) is 19.3 Å². The standard InChI is InChI=1S/C31H32FN3O5S/c32-25-7-9-29-24(19-25)20-31(40-29)41(37)35-12-2-5-27(35)28(36)8-6-22-3-1-4-26(17-22)39-21-23-10-11-33-30(18-23)34-13-15-38-16-14-34/h1,3-4,7,9-11,17-20,27H,2,5-6,8,12-16,21H2/t27-,41?/m0/s1. The Bertz CT molecular complexity index is 1550. The molecule has 2 aromatic carbocycles. The average Bonchev–Trinajstić information content (AvgIpc) is 3.67. The topological polar surface area (TPSA) is 85.1 Å². The number of nitrogens with zero attached hydrogens (tertiary/aromatic N) is 3. The SMILES string of the molecule is O=C(CCc1cccc(OCc2ccnc(N3CCOCC3)c2)c1)[C@@H]1CCCN1S(=O)c1cc2cc(F)ccc2o1.